The van der Waals surface area contributed by atoms with Gasteiger partial charge in [0, 0.05) is 16.2 Å². The number of hydrogen-bond acceptors (Lipinski definition) is 2. The van der Waals surface area contributed by atoms with Gasteiger partial charge >= 0.3 is 0 Å². The first-order valence-corrected chi connectivity index (χ1v) is 6.92. The number of hydrogen-bond donors (Lipinski definition) is 0. The number of benzene rings is 2. The van der Waals surface area contributed by atoms with Gasteiger partial charge in [0.25, 0.3) is 0 Å². The molecular weight excluding hydrogens is 240 g/mol. The normalized spacial score (nSPS) is 15.7. The van der Waals surface area contributed by atoms with Crippen molar-refractivity contribution in [3.05, 3.63) is 71.5 Å². The van der Waals surface area contributed by atoms with Crippen LogP contribution in [0.2, 0.25) is 0 Å². The molecule has 1 aliphatic rings. The molecule has 0 atom stereocenters. The van der Waals surface area contributed by atoms with Crippen LogP contribution in [0.25, 0.3) is 5.57 Å². The highest BCUT2D eigenvalue weighted by Crippen LogP contribution is 2.39. The highest BCUT2D eigenvalue weighted by molar-refractivity contribution is 7.98. The maximum Gasteiger partial charge on any atom is 0.0909 e. The summed E-state index contributed by atoms with van der Waals surface area (Å²) in [5, 5.41) is 0. The van der Waals surface area contributed by atoms with Gasteiger partial charge in [-0.15, -0.1) is 11.8 Å². The fourth-order valence-corrected chi connectivity index (χ4v) is 3.34. The van der Waals surface area contributed by atoms with Gasteiger partial charge in [-0.2, -0.15) is 0 Å². The molecular formula is C16H14OS. The summed E-state index contributed by atoms with van der Waals surface area (Å²) in [5.74, 6) is 1.01. The van der Waals surface area contributed by atoms with Crippen molar-refractivity contribution in [1.82, 2.24) is 0 Å². The minimum Gasteiger partial charge on any atom is -0.504 e. The molecule has 2 aromatic rings. The zero-order chi connectivity index (χ0) is 12.4. The lowest BCUT2D eigenvalue weighted by Crippen LogP contribution is -1.92. The van der Waals surface area contributed by atoms with Crippen LogP contribution < -0.4 is 0 Å². The monoisotopic (exact) mass is 254 g/mol. The van der Waals surface area contributed by atoms with Crippen LogP contribution in [0.5, 0.6) is 0 Å². The van der Waals surface area contributed by atoms with Crippen LogP contribution >= 0.6 is 11.8 Å². The summed E-state index contributed by atoms with van der Waals surface area (Å²) in [6.07, 6.45) is 1.85. The molecule has 0 N–H and O–H groups in total. The first-order valence-electron chi connectivity index (χ1n) is 5.93. The third-order valence-corrected chi connectivity index (χ3v) is 4.23. The van der Waals surface area contributed by atoms with E-state index in [1.54, 1.807) is 7.11 Å². The Morgan fingerprint density at radius 2 is 1.72 bits per heavy atom. The standard InChI is InChI=1S/C16H14OS/c1-17-10-15-13-7-3-2-6-12(13)11-18-16-9-5-4-8-14(15)16/h2-10H,11H2,1H3/b15-10-. The molecule has 0 spiro atoms. The predicted molar refractivity (Wildman–Crippen MR) is 76.5 cm³/mol. The van der Waals surface area contributed by atoms with E-state index in [9.17, 15) is 0 Å². The molecule has 18 heavy (non-hydrogen) atoms. The number of fused-ring (bicyclic) bond motifs is 2. The lowest BCUT2D eigenvalue weighted by Gasteiger charge is -2.10. The van der Waals surface area contributed by atoms with Crippen LogP contribution in [-0.4, -0.2) is 7.11 Å². The van der Waals surface area contributed by atoms with Crippen LogP contribution in [0.15, 0.2) is 59.7 Å². The van der Waals surface area contributed by atoms with E-state index >= 15 is 0 Å². The largest absolute Gasteiger partial charge is 0.504 e. The van der Waals surface area contributed by atoms with Gasteiger partial charge in [0.05, 0.1) is 13.4 Å². The van der Waals surface area contributed by atoms with E-state index < -0.39 is 0 Å². The second-order valence-electron chi connectivity index (χ2n) is 4.21. The zero-order valence-corrected chi connectivity index (χ0v) is 11.0. The first kappa shape index (κ1) is 11.4. The van der Waals surface area contributed by atoms with Gasteiger partial charge in [-0.3, -0.25) is 0 Å². The number of ether oxygens (including phenoxy) is 1. The van der Waals surface area contributed by atoms with Crippen molar-refractivity contribution in [2.24, 2.45) is 0 Å². The van der Waals surface area contributed by atoms with Crippen molar-refractivity contribution in [2.45, 2.75) is 10.6 Å². The molecule has 2 aromatic carbocycles. The molecule has 0 amide bonds. The topological polar surface area (TPSA) is 9.23 Å². The quantitative estimate of drug-likeness (QED) is 0.701. The average molecular weight is 254 g/mol. The zero-order valence-electron chi connectivity index (χ0n) is 10.2. The van der Waals surface area contributed by atoms with Crippen LogP contribution in [0, 0.1) is 0 Å². The Kier molecular flexibility index (Phi) is 3.11. The van der Waals surface area contributed by atoms with Gasteiger partial charge < -0.3 is 4.74 Å². The molecule has 1 nitrogen and oxygen atoms in total. The molecule has 1 heterocycles. The van der Waals surface area contributed by atoms with Gasteiger partial charge in [0.2, 0.25) is 0 Å². The Morgan fingerprint density at radius 3 is 2.56 bits per heavy atom. The number of rotatable bonds is 1. The maximum absolute atomic E-state index is 5.28. The van der Waals surface area contributed by atoms with Gasteiger partial charge in [-0.25, -0.2) is 0 Å². The average Bonchev–Trinajstić information content (AvgIpc) is 2.58. The molecule has 0 unspecified atom stereocenters. The Labute approximate surface area is 111 Å². The van der Waals surface area contributed by atoms with Gasteiger partial charge in [0.15, 0.2) is 0 Å². The number of thioether (sulfide) groups is 1. The second kappa shape index (κ2) is 4.91. The van der Waals surface area contributed by atoms with Crippen molar-refractivity contribution in [1.29, 1.82) is 0 Å². The van der Waals surface area contributed by atoms with Crippen molar-refractivity contribution in [2.75, 3.05) is 7.11 Å². The van der Waals surface area contributed by atoms with E-state index in [1.165, 1.54) is 27.2 Å². The molecule has 0 fully saturated rings. The van der Waals surface area contributed by atoms with Gasteiger partial charge in [-0.1, -0.05) is 42.5 Å². The van der Waals surface area contributed by atoms with E-state index in [-0.39, 0.29) is 0 Å². The summed E-state index contributed by atoms with van der Waals surface area (Å²) in [7, 11) is 1.70. The molecule has 0 radical (unpaired) electrons. The summed E-state index contributed by atoms with van der Waals surface area (Å²) in [4.78, 5) is 1.32. The smallest absolute Gasteiger partial charge is 0.0909 e. The molecule has 90 valence electrons. The SMILES string of the molecule is CO/C=C1/c2ccccc2CSc2ccccc21. The van der Waals surface area contributed by atoms with Crippen molar-refractivity contribution in [3.8, 4) is 0 Å². The molecule has 0 bridgehead atoms. The molecule has 0 saturated heterocycles. The molecule has 3 rings (SSSR count). The summed E-state index contributed by atoms with van der Waals surface area (Å²) in [6, 6.07) is 17.1. The minimum atomic E-state index is 1.01. The van der Waals surface area contributed by atoms with Crippen LogP contribution in [0.3, 0.4) is 0 Å². The fraction of sp³-hybridized carbons (Fsp3) is 0.125. The van der Waals surface area contributed by atoms with Crippen molar-refractivity contribution < 1.29 is 4.74 Å². The third kappa shape index (κ3) is 1.93. The molecule has 0 aliphatic carbocycles. The van der Waals surface area contributed by atoms with Crippen molar-refractivity contribution in [3.63, 3.8) is 0 Å². The van der Waals surface area contributed by atoms with E-state index in [1.807, 2.05) is 18.0 Å². The van der Waals surface area contributed by atoms with Crippen LogP contribution in [-0.2, 0) is 10.5 Å². The van der Waals surface area contributed by atoms with E-state index in [0.717, 1.165) is 5.75 Å². The van der Waals surface area contributed by atoms with Gasteiger partial charge in [0.1, 0.15) is 0 Å². The lowest BCUT2D eigenvalue weighted by atomic mass is 9.96. The van der Waals surface area contributed by atoms with Crippen LogP contribution in [0.4, 0.5) is 0 Å². The van der Waals surface area contributed by atoms with Crippen molar-refractivity contribution >= 4 is 17.3 Å². The van der Waals surface area contributed by atoms with E-state index in [2.05, 4.69) is 48.5 Å². The van der Waals surface area contributed by atoms with E-state index in [0.29, 0.717) is 0 Å². The summed E-state index contributed by atoms with van der Waals surface area (Å²) < 4.78 is 5.28. The molecule has 1 aliphatic heterocycles. The highest BCUT2D eigenvalue weighted by Gasteiger charge is 2.17. The highest BCUT2D eigenvalue weighted by atomic mass is 32.2. The fourth-order valence-electron chi connectivity index (χ4n) is 2.27. The summed E-state index contributed by atoms with van der Waals surface area (Å²) in [6.45, 7) is 0. The molecule has 2 heteroatoms. The lowest BCUT2D eigenvalue weighted by molar-refractivity contribution is 0.340. The summed E-state index contributed by atoms with van der Waals surface area (Å²) in [5.41, 5.74) is 5.07. The molecule has 0 aromatic heterocycles. The van der Waals surface area contributed by atoms with E-state index in [4.69, 9.17) is 4.74 Å². The Hall–Kier alpha value is -1.67. The van der Waals surface area contributed by atoms with Gasteiger partial charge in [-0.05, 0) is 22.8 Å². The molecule has 0 saturated carbocycles. The van der Waals surface area contributed by atoms with Crippen LogP contribution in [0.1, 0.15) is 16.7 Å². The third-order valence-electron chi connectivity index (χ3n) is 3.10. The second-order valence-corrected chi connectivity index (χ2v) is 5.23. The summed E-state index contributed by atoms with van der Waals surface area (Å²) >= 11 is 1.89. The number of methoxy groups -OCH3 is 1. The predicted octanol–water partition coefficient (Wildman–Crippen LogP) is 4.33. The minimum absolute atomic E-state index is 1.01. The Balaban J connectivity index is 2.25. The maximum atomic E-state index is 5.28. The Bertz CT molecular complexity index is 552. The Morgan fingerprint density at radius 1 is 1.00 bits per heavy atom. The first-order chi connectivity index (χ1) is 8.90.